The van der Waals surface area contributed by atoms with E-state index in [9.17, 15) is 0 Å². The molecule has 3 heterocycles. The molecule has 1 saturated heterocycles. The highest BCUT2D eigenvalue weighted by molar-refractivity contribution is 6.27. The van der Waals surface area contributed by atoms with E-state index in [2.05, 4.69) is 78.6 Å². The van der Waals surface area contributed by atoms with Crippen molar-refractivity contribution in [2.75, 3.05) is 26.2 Å². The average molecular weight is 551 g/mol. The summed E-state index contributed by atoms with van der Waals surface area (Å²) >= 11 is 0. The van der Waals surface area contributed by atoms with Gasteiger partial charge in [0.15, 0.2) is 0 Å². The van der Waals surface area contributed by atoms with Crippen LogP contribution in [0.1, 0.15) is 68.9 Å². The van der Waals surface area contributed by atoms with Crippen LogP contribution in [0.5, 0.6) is 0 Å². The summed E-state index contributed by atoms with van der Waals surface area (Å²) in [6.45, 7) is 6.76. The fraction of sp³-hybridized carbons (Fsp3) is 0.385. The molecule has 2 atom stereocenters. The Morgan fingerprint density at radius 2 is 1.81 bits per heavy atom. The number of likely N-dealkylation sites (tertiary alicyclic amines) is 1. The number of dihydropyridines is 1. The van der Waals surface area contributed by atoms with Gasteiger partial charge in [0, 0.05) is 16.7 Å². The number of nitrogens with zero attached hydrogens (tertiary/aromatic N) is 3. The quantitative estimate of drug-likeness (QED) is 0.431. The van der Waals surface area contributed by atoms with Gasteiger partial charge in [0.25, 0.3) is 0 Å². The van der Waals surface area contributed by atoms with Crippen LogP contribution in [-0.2, 0) is 6.42 Å². The molecule has 2 unspecified atom stereocenters. The first-order chi connectivity index (χ1) is 20.8. The van der Waals surface area contributed by atoms with Gasteiger partial charge in [-0.25, -0.2) is 4.99 Å². The van der Waals surface area contributed by atoms with Crippen LogP contribution in [0, 0.1) is 22.4 Å². The normalized spacial score (nSPS) is 22.5. The predicted molar refractivity (Wildman–Crippen MR) is 172 cm³/mol. The smallest absolute Gasteiger partial charge is 0.0716 e. The van der Waals surface area contributed by atoms with Crippen molar-refractivity contribution in [3.05, 3.63) is 115 Å². The lowest BCUT2D eigenvalue weighted by Crippen LogP contribution is -2.33. The molecule has 211 valence electrons. The fourth-order valence-corrected chi connectivity index (χ4v) is 8.32. The van der Waals surface area contributed by atoms with E-state index in [1.54, 1.807) is 11.1 Å². The minimum Gasteiger partial charge on any atom is -0.303 e. The predicted octanol–water partition coefficient (Wildman–Crippen LogP) is 4.86. The van der Waals surface area contributed by atoms with Gasteiger partial charge in [0.2, 0.25) is 0 Å². The van der Waals surface area contributed by atoms with Crippen LogP contribution in [0.4, 0.5) is 0 Å². The largest absolute Gasteiger partial charge is 0.303 e. The highest BCUT2D eigenvalue weighted by Crippen LogP contribution is 2.36. The third-order valence-electron chi connectivity index (χ3n) is 10.3. The van der Waals surface area contributed by atoms with Crippen molar-refractivity contribution in [2.45, 2.75) is 64.2 Å². The summed E-state index contributed by atoms with van der Waals surface area (Å²) in [6.07, 6.45) is 15.0. The van der Waals surface area contributed by atoms with Gasteiger partial charge in [-0.05, 0) is 126 Å². The molecule has 8 rings (SSSR count). The second-order valence-corrected chi connectivity index (χ2v) is 12.8. The Labute approximate surface area is 248 Å². The molecule has 1 fully saturated rings. The molecule has 2 aliphatic carbocycles. The van der Waals surface area contributed by atoms with Crippen molar-refractivity contribution >= 4 is 22.9 Å². The van der Waals surface area contributed by atoms with E-state index in [1.165, 1.54) is 108 Å². The van der Waals surface area contributed by atoms with Gasteiger partial charge < -0.3 is 4.90 Å². The molecule has 0 N–H and O–H groups in total. The molecule has 3 aliphatic heterocycles. The molecule has 3 nitrogen and oxygen atoms in total. The van der Waals surface area contributed by atoms with Crippen molar-refractivity contribution in [3.8, 4) is 0 Å². The SMILES string of the molecule is CCCC1CCc2c3c(ccc2=C1C1=NCC2=c4c[c]ccc4=NC2=C1)=c1ccccc1=CC3CCN1CCCCC1. The standard InChI is InChI=1S/C39H40N3/c1-2-10-26-15-16-32-33(39(26)37-24-36-34(25-40-37)30-13-6-7-14-35(30)41-36)18-17-31-29-12-5-4-11-27(29)23-28(38(31)32)19-22-42-20-8-3-9-21-42/h4-5,7,11-14,17-18,23-24,26,28H,2-3,8-10,15-16,19-22,25H2,1H3. The molecule has 3 aromatic carbocycles. The minimum absolute atomic E-state index is 0.456. The Hall–Kier alpha value is -3.56. The summed E-state index contributed by atoms with van der Waals surface area (Å²) in [5.41, 5.74) is 8.17. The second-order valence-electron chi connectivity index (χ2n) is 12.8. The van der Waals surface area contributed by atoms with Crippen molar-refractivity contribution < 1.29 is 0 Å². The van der Waals surface area contributed by atoms with Crippen LogP contribution in [0.2, 0.25) is 0 Å². The highest BCUT2D eigenvalue weighted by Gasteiger charge is 2.30. The number of allylic oxidation sites excluding steroid dienone is 1. The van der Waals surface area contributed by atoms with Gasteiger partial charge >= 0.3 is 0 Å². The molecule has 3 aromatic rings. The van der Waals surface area contributed by atoms with Gasteiger partial charge in [-0.1, -0.05) is 68.3 Å². The zero-order valence-corrected chi connectivity index (χ0v) is 24.8. The van der Waals surface area contributed by atoms with Crippen LogP contribution >= 0.6 is 0 Å². The van der Waals surface area contributed by atoms with Crippen molar-refractivity contribution in [1.82, 2.24) is 4.90 Å². The fourth-order valence-electron chi connectivity index (χ4n) is 8.32. The summed E-state index contributed by atoms with van der Waals surface area (Å²) in [4.78, 5) is 13.0. The molecule has 0 saturated carbocycles. The summed E-state index contributed by atoms with van der Waals surface area (Å²) in [7, 11) is 0. The Bertz CT molecular complexity index is 1970. The van der Waals surface area contributed by atoms with Crippen molar-refractivity contribution in [2.24, 2.45) is 15.9 Å². The lowest BCUT2D eigenvalue weighted by atomic mass is 9.74. The van der Waals surface area contributed by atoms with Gasteiger partial charge in [0.1, 0.15) is 0 Å². The molecule has 3 heteroatoms. The summed E-state index contributed by atoms with van der Waals surface area (Å²) in [5, 5.41) is 7.98. The van der Waals surface area contributed by atoms with Crippen LogP contribution in [0.3, 0.4) is 0 Å². The maximum Gasteiger partial charge on any atom is 0.0716 e. The van der Waals surface area contributed by atoms with E-state index in [1.807, 2.05) is 6.07 Å². The lowest BCUT2D eigenvalue weighted by Gasteiger charge is -2.32. The number of benzene rings is 3. The van der Waals surface area contributed by atoms with Gasteiger partial charge in [-0.2, -0.15) is 0 Å². The Kier molecular flexibility index (Phi) is 6.79. The van der Waals surface area contributed by atoms with Crippen LogP contribution in [0.15, 0.2) is 76.4 Å². The lowest BCUT2D eigenvalue weighted by molar-refractivity contribution is 0.224. The number of rotatable bonds is 6. The number of fused-ring (bicyclic) bond motifs is 6. The molecule has 0 aromatic heterocycles. The number of hydrogen-bond acceptors (Lipinski definition) is 3. The number of piperidine rings is 1. The minimum atomic E-state index is 0.456. The van der Waals surface area contributed by atoms with Crippen LogP contribution in [0.25, 0.3) is 17.2 Å². The van der Waals surface area contributed by atoms with Crippen molar-refractivity contribution in [3.63, 3.8) is 0 Å². The Morgan fingerprint density at radius 1 is 0.929 bits per heavy atom. The molecule has 0 bridgehead atoms. The zero-order valence-electron chi connectivity index (χ0n) is 24.8. The van der Waals surface area contributed by atoms with E-state index in [4.69, 9.17) is 9.98 Å². The monoisotopic (exact) mass is 550 g/mol. The molecule has 0 amide bonds. The van der Waals surface area contributed by atoms with E-state index in [0.717, 1.165) is 17.5 Å². The maximum atomic E-state index is 5.27. The molecular weight excluding hydrogens is 510 g/mol. The zero-order chi connectivity index (χ0) is 28.0. The highest BCUT2D eigenvalue weighted by atomic mass is 15.1. The van der Waals surface area contributed by atoms with Crippen molar-refractivity contribution in [1.29, 1.82) is 0 Å². The first-order valence-electron chi connectivity index (χ1n) is 16.3. The topological polar surface area (TPSA) is 28.0 Å². The molecule has 0 spiro atoms. The molecule has 42 heavy (non-hydrogen) atoms. The van der Waals surface area contributed by atoms with Gasteiger partial charge in [-0.3, -0.25) is 4.99 Å². The van der Waals surface area contributed by atoms with Gasteiger partial charge in [-0.15, -0.1) is 0 Å². The maximum absolute atomic E-state index is 5.27. The number of hydrogen-bond donors (Lipinski definition) is 0. The van der Waals surface area contributed by atoms with E-state index in [-0.39, 0.29) is 0 Å². The molecule has 1 radical (unpaired) electrons. The van der Waals surface area contributed by atoms with Gasteiger partial charge in [0.05, 0.1) is 23.3 Å². The second kappa shape index (κ2) is 10.9. The Balaban J connectivity index is 1.30. The number of aliphatic imine (C=N–C) groups is 1. The summed E-state index contributed by atoms with van der Waals surface area (Å²) in [6, 6.07) is 23.3. The van der Waals surface area contributed by atoms with E-state index in [0.29, 0.717) is 18.4 Å². The molecular formula is C39H40N3. The average Bonchev–Trinajstić information content (AvgIpc) is 3.41. The summed E-state index contributed by atoms with van der Waals surface area (Å²) in [5.74, 6) is 0.999. The van der Waals surface area contributed by atoms with E-state index < -0.39 is 0 Å². The first-order valence-corrected chi connectivity index (χ1v) is 16.3. The summed E-state index contributed by atoms with van der Waals surface area (Å²) < 4.78 is 0. The van der Waals surface area contributed by atoms with Crippen LogP contribution in [-0.4, -0.2) is 36.8 Å². The van der Waals surface area contributed by atoms with Crippen LogP contribution < -0.4 is 21.0 Å². The Morgan fingerprint density at radius 3 is 2.71 bits per heavy atom. The third kappa shape index (κ3) is 4.45. The third-order valence-corrected chi connectivity index (χ3v) is 10.3. The van der Waals surface area contributed by atoms with E-state index >= 15 is 0 Å². The first kappa shape index (κ1) is 26.1. The molecule has 5 aliphatic rings.